The van der Waals surface area contributed by atoms with Crippen LogP contribution in [-0.4, -0.2) is 43.7 Å². The van der Waals surface area contributed by atoms with Gasteiger partial charge in [-0.2, -0.15) is 5.10 Å². The van der Waals surface area contributed by atoms with E-state index >= 15 is 0 Å². The zero-order chi connectivity index (χ0) is 19.0. The smallest absolute Gasteiger partial charge is 0.321 e. The van der Waals surface area contributed by atoms with E-state index in [2.05, 4.69) is 15.4 Å². The SMILES string of the molecule is O=C(Nc1cnc2ccnn2c1)N1CCC(O)(c2c(F)cccc2F)CC1. The van der Waals surface area contributed by atoms with Gasteiger partial charge in [0.1, 0.15) is 11.6 Å². The quantitative estimate of drug-likeness (QED) is 0.723. The first-order valence-electron chi connectivity index (χ1n) is 8.48. The molecule has 0 bridgehead atoms. The number of carbonyl (C=O) groups excluding carboxylic acids is 1. The first-order chi connectivity index (χ1) is 13.0. The number of piperidine rings is 1. The van der Waals surface area contributed by atoms with Crippen molar-refractivity contribution < 1.29 is 18.7 Å². The van der Waals surface area contributed by atoms with Crippen LogP contribution in [0.25, 0.3) is 5.65 Å². The number of aromatic nitrogens is 3. The Hall–Kier alpha value is -3.07. The lowest BCUT2D eigenvalue weighted by molar-refractivity contribution is -0.0213. The Kier molecular flexibility index (Phi) is 4.23. The van der Waals surface area contributed by atoms with Crippen molar-refractivity contribution in [2.45, 2.75) is 18.4 Å². The summed E-state index contributed by atoms with van der Waals surface area (Å²) < 4.78 is 29.6. The molecule has 3 heterocycles. The van der Waals surface area contributed by atoms with Gasteiger partial charge in [-0.3, -0.25) is 0 Å². The number of anilines is 1. The number of hydrogen-bond acceptors (Lipinski definition) is 4. The molecule has 9 heteroatoms. The monoisotopic (exact) mass is 373 g/mol. The van der Waals surface area contributed by atoms with Crippen molar-refractivity contribution in [3.8, 4) is 0 Å². The summed E-state index contributed by atoms with van der Waals surface area (Å²) >= 11 is 0. The second-order valence-corrected chi connectivity index (χ2v) is 6.52. The molecule has 1 fully saturated rings. The van der Waals surface area contributed by atoms with Gasteiger partial charge in [0.25, 0.3) is 0 Å². The van der Waals surface area contributed by atoms with Crippen LogP contribution in [0.4, 0.5) is 19.3 Å². The fourth-order valence-corrected chi connectivity index (χ4v) is 3.35. The molecule has 140 valence electrons. The number of likely N-dealkylation sites (tertiary alicyclic amines) is 1. The number of halogens is 2. The predicted octanol–water partition coefficient (Wildman–Crippen LogP) is 2.52. The average molecular weight is 373 g/mol. The predicted molar refractivity (Wildman–Crippen MR) is 93.1 cm³/mol. The molecule has 0 aliphatic carbocycles. The third-order valence-electron chi connectivity index (χ3n) is 4.80. The molecule has 1 aliphatic rings. The maximum absolute atomic E-state index is 14.0. The van der Waals surface area contributed by atoms with E-state index in [4.69, 9.17) is 0 Å². The minimum Gasteiger partial charge on any atom is -0.385 e. The number of aliphatic hydroxyl groups is 1. The highest BCUT2D eigenvalue weighted by Crippen LogP contribution is 2.36. The lowest BCUT2D eigenvalue weighted by Gasteiger charge is -2.38. The van der Waals surface area contributed by atoms with Crippen molar-refractivity contribution in [2.75, 3.05) is 18.4 Å². The summed E-state index contributed by atoms with van der Waals surface area (Å²) in [5.41, 5.74) is -0.847. The number of amides is 2. The van der Waals surface area contributed by atoms with Crippen LogP contribution >= 0.6 is 0 Å². The highest BCUT2D eigenvalue weighted by atomic mass is 19.1. The van der Waals surface area contributed by atoms with Gasteiger partial charge in [0, 0.05) is 19.2 Å². The largest absolute Gasteiger partial charge is 0.385 e. The molecule has 1 saturated heterocycles. The zero-order valence-corrected chi connectivity index (χ0v) is 14.3. The number of benzene rings is 1. The number of fused-ring (bicyclic) bond motifs is 1. The van der Waals surface area contributed by atoms with Crippen molar-refractivity contribution in [3.05, 3.63) is 60.1 Å². The molecule has 27 heavy (non-hydrogen) atoms. The molecule has 0 saturated carbocycles. The average Bonchev–Trinajstić information content (AvgIpc) is 3.09. The highest BCUT2D eigenvalue weighted by Gasteiger charge is 2.39. The topological polar surface area (TPSA) is 82.8 Å². The van der Waals surface area contributed by atoms with Crippen LogP contribution in [0.1, 0.15) is 18.4 Å². The molecule has 4 rings (SSSR count). The van der Waals surface area contributed by atoms with Crippen LogP contribution in [0.3, 0.4) is 0 Å². The Bertz CT molecular complexity index is 978. The van der Waals surface area contributed by atoms with E-state index in [0.717, 1.165) is 12.1 Å². The molecule has 0 atom stereocenters. The summed E-state index contributed by atoms with van der Waals surface area (Å²) in [6.45, 7) is 0.321. The number of hydrogen-bond donors (Lipinski definition) is 2. The molecule has 0 unspecified atom stereocenters. The van der Waals surface area contributed by atoms with Crippen molar-refractivity contribution in [2.24, 2.45) is 0 Å². The second-order valence-electron chi connectivity index (χ2n) is 6.52. The molecular formula is C18H17F2N5O2. The van der Waals surface area contributed by atoms with Crippen molar-refractivity contribution >= 4 is 17.4 Å². The number of nitrogens with zero attached hydrogens (tertiary/aromatic N) is 4. The number of nitrogens with one attached hydrogen (secondary N) is 1. The van der Waals surface area contributed by atoms with E-state index in [9.17, 15) is 18.7 Å². The van der Waals surface area contributed by atoms with Gasteiger partial charge in [-0.15, -0.1) is 0 Å². The standard InChI is InChI=1S/C18H17F2N5O2/c19-13-2-1-3-14(20)16(13)18(27)5-8-24(9-6-18)17(26)23-12-10-21-15-4-7-22-25(15)11-12/h1-4,7,10-11,27H,5-6,8-9H2,(H,23,26). The molecular weight excluding hydrogens is 356 g/mol. The lowest BCUT2D eigenvalue weighted by Crippen LogP contribution is -2.47. The summed E-state index contributed by atoms with van der Waals surface area (Å²) in [4.78, 5) is 18.1. The van der Waals surface area contributed by atoms with Crippen LogP contribution in [0.2, 0.25) is 0 Å². The van der Waals surface area contributed by atoms with E-state index in [1.165, 1.54) is 21.7 Å². The van der Waals surface area contributed by atoms with Crippen LogP contribution in [0, 0.1) is 11.6 Å². The van der Waals surface area contributed by atoms with Gasteiger partial charge in [-0.25, -0.2) is 23.1 Å². The van der Waals surface area contributed by atoms with Crippen molar-refractivity contribution in [3.63, 3.8) is 0 Å². The molecule has 0 spiro atoms. The van der Waals surface area contributed by atoms with E-state index in [0.29, 0.717) is 11.3 Å². The van der Waals surface area contributed by atoms with Crippen molar-refractivity contribution in [1.82, 2.24) is 19.5 Å². The minimum absolute atomic E-state index is 0.0364. The maximum atomic E-state index is 14.0. The summed E-state index contributed by atoms with van der Waals surface area (Å²) in [7, 11) is 0. The normalized spacial score (nSPS) is 16.5. The fourth-order valence-electron chi connectivity index (χ4n) is 3.35. The van der Waals surface area contributed by atoms with Crippen LogP contribution in [0.15, 0.2) is 42.9 Å². The Morgan fingerprint density at radius 1 is 1.19 bits per heavy atom. The number of urea groups is 1. The molecule has 2 N–H and O–H groups in total. The van der Waals surface area contributed by atoms with Gasteiger partial charge in [0.05, 0.1) is 35.4 Å². The fraction of sp³-hybridized carbons (Fsp3) is 0.278. The summed E-state index contributed by atoms with van der Waals surface area (Å²) in [5.74, 6) is -1.57. The third kappa shape index (κ3) is 3.21. The van der Waals surface area contributed by atoms with E-state index in [1.807, 2.05) is 0 Å². The van der Waals surface area contributed by atoms with Crippen LogP contribution < -0.4 is 5.32 Å². The summed E-state index contributed by atoms with van der Waals surface area (Å²) in [6, 6.07) is 4.85. The van der Waals surface area contributed by atoms with Gasteiger partial charge in [-0.05, 0) is 25.0 Å². The van der Waals surface area contributed by atoms with Crippen LogP contribution in [-0.2, 0) is 5.60 Å². The van der Waals surface area contributed by atoms with Crippen molar-refractivity contribution in [1.29, 1.82) is 0 Å². The maximum Gasteiger partial charge on any atom is 0.321 e. The zero-order valence-electron chi connectivity index (χ0n) is 14.3. The molecule has 7 nitrogen and oxygen atoms in total. The molecule has 2 amide bonds. The van der Waals surface area contributed by atoms with E-state index in [-0.39, 0.29) is 37.5 Å². The molecule has 2 aromatic heterocycles. The Morgan fingerprint density at radius 3 is 2.59 bits per heavy atom. The molecule has 3 aromatic rings. The summed E-state index contributed by atoms with van der Waals surface area (Å²) in [5, 5.41) is 17.5. The summed E-state index contributed by atoms with van der Waals surface area (Å²) in [6.07, 6.45) is 4.82. The van der Waals surface area contributed by atoms with E-state index < -0.39 is 17.2 Å². The molecule has 1 aromatic carbocycles. The lowest BCUT2D eigenvalue weighted by atomic mass is 9.84. The number of carbonyl (C=O) groups is 1. The van der Waals surface area contributed by atoms with Crippen LogP contribution in [0.5, 0.6) is 0 Å². The highest BCUT2D eigenvalue weighted by molar-refractivity contribution is 5.89. The molecule has 1 aliphatic heterocycles. The third-order valence-corrected chi connectivity index (χ3v) is 4.80. The Labute approximate surface area is 153 Å². The van der Waals surface area contributed by atoms with Gasteiger partial charge in [-0.1, -0.05) is 6.07 Å². The second kappa shape index (κ2) is 6.58. The Morgan fingerprint density at radius 2 is 1.89 bits per heavy atom. The minimum atomic E-state index is -1.64. The van der Waals surface area contributed by atoms with E-state index in [1.54, 1.807) is 18.5 Å². The Balaban J connectivity index is 1.44. The first-order valence-corrected chi connectivity index (χ1v) is 8.48. The number of rotatable bonds is 2. The van der Waals surface area contributed by atoms with Gasteiger partial charge in [0.15, 0.2) is 5.65 Å². The van der Waals surface area contributed by atoms with Gasteiger partial charge >= 0.3 is 6.03 Å². The van der Waals surface area contributed by atoms with Gasteiger partial charge in [0.2, 0.25) is 0 Å². The molecule has 0 radical (unpaired) electrons. The van der Waals surface area contributed by atoms with Gasteiger partial charge < -0.3 is 15.3 Å². The first kappa shape index (κ1) is 17.3.